The molecule has 0 saturated carbocycles. The number of nitrogens with one attached hydrogen (secondary N) is 2. The summed E-state index contributed by atoms with van der Waals surface area (Å²) in [6.45, 7) is 1.66. The van der Waals surface area contributed by atoms with E-state index in [0.29, 0.717) is 11.4 Å². The van der Waals surface area contributed by atoms with E-state index in [0.717, 1.165) is 6.26 Å². The zero-order valence-electron chi connectivity index (χ0n) is 16.2. The maximum Gasteiger partial charge on any atom is 0.255 e. The number of ether oxygens (including phenoxy) is 1. The molecule has 0 aliphatic heterocycles. The molecule has 8 nitrogen and oxygen atoms in total. The topological polar surface area (TPSA) is 105 Å². The second kappa shape index (κ2) is 9.37. The van der Waals surface area contributed by atoms with E-state index in [4.69, 9.17) is 4.74 Å². The first-order valence-corrected chi connectivity index (χ1v) is 10.5. The molecule has 0 bridgehead atoms. The molecule has 2 aromatic carbocycles. The Bertz CT molecular complexity index is 993. The highest BCUT2D eigenvalue weighted by atomic mass is 32.2. The van der Waals surface area contributed by atoms with Crippen LogP contribution >= 0.6 is 0 Å². The van der Waals surface area contributed by atoms with Crippen LogP contribution in [0, 0.1) is 5.82 Å². The van der Waals surface area contributed by atoms with E-state index < -0.39 is 15.9 Å². The van der Waals surface area contributed by atoms with E-state index in [1.807, 2.05) is 0 Å². The summed E-state index contributed by atoms with van der Waals surface area (Å²) in [7, 11) is -2.08. The number of rotatable bonds is 8. The minimum absolute atomic E-state index is 0.0750. The molecule has 0 heterocycles. The first-order valence-electron chi connectivity index (χ1n) is 8.58. The molecule has 2 aromatic rings. The average Bonchev–Trinajstić information content (AvgIpc) is 2.62. The lowest BCUT2D eigenvalue weighted by Gasteiger charge is -2.20. The number of likely N-dealkylation sites (N-methyl/N-ethyl adjacent to an activating group) is 1. The van der Waals surface area contributed by atoms with Gasteiger partial charge < -0.3 is 15.0 Å². The molecule has 0 atom stereocenters. The first-order chi connectivity index (χ1) is 13.5. The monoisotopic (exact) mass is 423 g/mol. The highest BCUT2D eigenvalue weighted by Crippen LogP contribution is 2.23. The summed E-state index contributed by atoms with van der Waals surface area (Å²) in [6.07, 6.45) is 0.975. The number of benzene rings is 2. The third-order valence-corrected chi connectivity index (χ3v) is 4.31. The number of carbonyl (C=O) groups excluding carboxylic acids is 2. The van der Waals surface area contributed by atoms with Gasteiger partial charge in [-0.3, -0.25) is 14.3 Å². The number of carbonyl (C=O) groups is 2. The summed E-state index contributed by atoms with van der Waals surface area (Å²) in [5, 5.41) is 2.56. The maximum absolute atomic E-state index is 12.9. The van der Waals surface area contributed by atoms with Gasteiger partial charge in [0.2, 0.25) is 15.9 Å². The number of nitrogens with zero attached hydrogens (tertiary/aromatic N) is 1. The van der Waals surface area contributed by atoms with Crippen molar-refractivity contribution in [2.75, 3.05) is 36.5 Å². The summed E-state index contributed by atoms with van der Waals surface area (Å²) in [5.74, 6) is -0.715. The number of hydrogen-bond acceptors (Lipinski definition) is 5. The van der Waals surface area contributed by atoms with Crippen molar-refractivity contribution >= 4 is 33.2 Å². The van der Waals surface area contributed by atoms with Crippen LogP contribution in [0.4, 0.5) is 15.8 Å². The number of hydrogen-bond donors (Lipinski definition) is 2. The van der Waals surface area contributed by atoms with Gasteiger partial charge in [0.15, 0.2) is 0 Å². The van der Waals surface area contributed by atoms with Gasteiger partial charge in [0.1, 0.15) is 18.2 Å². The van der Waals surface area contributed by atoms with Gasteiger partial charge in [-0.15, -0.1) is 0 Å². The molecule has 2 N–H and O–H groups in total. The standard InChI is InChI=1S/C19H22FN3O5S/c1-13(24)21-15-6-9-18(22-29(3,26)27)17(12-15)19(25)23(2)10-11-28-16-7-4-14(20)5-8-16/h4-9,12,22H,10-11H2,1-3H3,(H,21,24). The lowest BCUT2D eigenvalue weighted by molar-refractivity contribution is -0.114. The largest absolute Gasteiger partial charge is 0.492 e. The summed E-state index contributed by atoms with van der Waals surface area (Å²) in [4.78, 5) is 25.5. The molecule has 0 aliphatic rings. The number of anilines is 2. The van der Waals surface area contributed by atoms with Gasteiger partial charge in [0.25, 0.3) is 5.91 Å². The third kappa shape index (κ3) is 7.07. The molecule has 0 fully saturated rings. The lowest BCUT2D eigenvalue weighted by atomic mass is 10.1. The molecule has 2 rings (SSSR count). The van der Waals surface area contributed by atoms with Crippen molar-refractivity contribution in [1.29, 1.82) is 0 Å². The van der Waals surface area contributed by atoms with E-state index in [-0.39, 0.29) is 36.1 Å². The molecular formula is C19H22FN3O5S. The summed E-state index contributed by atoms with van der Waals surface area (Å²) >= 11 is 0. The molecule has 29 heavy (non-hydrogen) atoms. The van der Waals surface area contributed by atoms with E-state index in [9.17, 15) is 22.4 Å². The zero-order chi connectivity index (χ0) is 21.6. The predicted octanol–water partition coefficient (Wildman–Crippen LogP) is 2.31. The lowest BCUT2D eigenvalue weighted by Crippen LogP contribution is -2.31. The predicted molar refractivity (Wildman–Crippen MR) is 108 cm³/mol. The van der Waals surface area contributed by atoms with Crippen LogP contribution in [0.5, 0.6) is 5.75 Å². The van der Waals surface area contributed by atoms with Crippen molar-refractivity contribution in [3.05, 3.63) is 53.8 Å². The zero-order valence-corrected chi connectivity index (χ0v) is 17.0. The molecule has 0 aromatic heterocycles. The fourth-order valence-electron chi connectivity index (χ4n) is 2.43. The SMILES string of the molecule is CC(=O)Nc1ccc(NS(C)(=O)=O)c(C(=O)N(C)CCOc2ccc(F)cc2)c1. The first kappa shape index (κ1) is 22.2. The van der Waals surface area contributed by atoms with Crippen molar-refractivity contribution in [1.82, 2.24) is 4.90 Å². The Kier molecular flexibility index (Phi) is 7.16. The van der Waals surface area contributed by atoms with Gasteiger partial charge in [-0.25, -0.2) is 12.8 Å². The van der Waals surface area contributed by atoms with Crippen LogP contribution in [0.3, 0.4) is 0 Å². The highest BCUT2D eigenvalue weighted by molar-refractivity contribution is 7.92. The van der Waals surface area contributed by atoms with E-state index in [1.165, 1.54) is 61.3 Å². The highest BCUT2D eigenvalue weighted by Gasteiger charge is 2.19. The van der Waals surface area contributed by atoms with Crippen molar-refractivity contribution < 1.29 is 27.1 Å². The number of amides is 2. The van der Waals surface area contributed by atoms with Crippen molar-refractivity contribution in [3.8, 4) is 5.75 Å². The summed E-state index contributed by atoms with van der Waals surface area (Å²) in [5.41, 5.74) is 0.528. The Morgan fingerprint density at radius 1 is 1.14 bits per heavy atom. The van der Waals surface area contributed by atoms with Crippen LogP contribution in [0.25, 0.3) is 0 Å². The Hall–Kier alpha value is -3.14. The van der Waals surface area contributed by atoms with E-state index in [2.05, 4.69) is 10.0 Å². The van der Waals surface area contributed by atoms with Crippen LogP contribution in [0.1, 0.15) is 17.3 Å². The fraction of sp³-hybridized carbons (Fsp3) is 0.263. The molecule has 2 amide bonds. The fourth-order valence-corrected chi connectivity index (χ4v) is 3.01. The minimum atomic E-state index is -3.61. The molecule has 0 saturated heterocycles. The number of sulfonamides is 1. The maximum atomic E-state index is 12.9. The number of halogens is 1. The van der Waals surface area contributed by atoms with Crippen LogP contribution in [0.2, 0.25) is 0 Å². The van der Waals surface area contributed by atoms with E-state index in [1.54, 1.807) is 0 Å². The molecule has 0 unspecified atom stereocenters. The summed E-state index contributed by atoms with van der Waals surface area (Å²) in [6, 6.07) is 9.77. The molecule has 0 spiro atoms. The molecule has 156 valence electrons. The molecule has 0 radical (unpaired) electrons. The third-order valence-electron chi connectivity index (χ3n) is 3.72. The summed E-state index contributed by atoms with van der Waals surface area (Å²) < 4.78 is 43.9. The second-order valence-electron chi connectivity index (χ2n) is 6.34. The van der Waals surface area contributed by atoms with Gasteiger partial charge in [-0.1, -0.05) is 0 Å². The second-order valence-corrected chi connectivity index (χ2v) is 8.09. The smallest absolute Gasteiger partial charge is 0.255 e. The molecule has 0 aliphatic carbocycles. The van der Waals surface area contributed by atoms with Crippen molar-refractivity contribution in [3.63, 3.8) is 0 Å². The van der Waals surface area contributed by atoms with Gasteiger partial charge in [-0.2, -0.15) is 0 Å². The van der Waals surface area contributed by atoms with Crippen molar-refractivity contribution in [2.24, 2.45) is 0 Å². The Labute approximate surface area is 168 Å². The van der Waals surface area contributed by atoms with Gasteiger partial charge in [0, 0.05) is 19.7 Å². The van der Waals surface area contributed by atoms with Gasteiger partial charge in [-0.05, 0) is 42.5 Å². The minimum Gasteiger partial charge on any atom is -0.492 e. The average molecular weight is 423 g/mol. The van der Waals surface area contributed by atoms with Gasteiger partial charge in [0.05, 0.1) is 24.1 Å². The normalized spacial score (nSPS) is 10.9. The quantitative estimate of drug-likeness (QED) is 0.678. The van der Waals surface area contributed by atoms with Gasteiger partial charge >= 0.3 is 0 Å². The van der Waals surface area contributed by atoms with Crippen molar-refractivity contribution in [2.45, 2.75) is 6.92 Å². The molecule has 10 heteroatoms. The van der Waals surface area contributed by atoms with Crippen LogP contribution < -0.4 is 14.8 Å². The Morgan fingerprint density at radius 3 is 2.38 bits per heavy atom. The Morgan fingerprint density at radius 2 is 1.79 bits per heavy atom. The van der Waals surface area contributed by atoms with Crippen LogP contribution in [-0.4, -0.2) is 51.6 Å². The van der Waals surface area contributed by atoms with Crippen LogP contribution in [0.15, 0.2) is 42.5 Å². The molecular weight excluding hydrogens is 401 g/mol. The van der Waals surface area contributed by atoms with E-state index >= 15 is 0 Å². The van der Waals surface area contributed by atoms with Crippen LogP contribution in [-0.2, 0) is 14.8 Å². The Balaban J connectivity index is 2.14.